The summed E-state index contributed by atoms with van der Waals surface area (Å²) in [7, 11) is 0. The Morgan fingerprint density at radius 2 is 2.18 bits per heavy atom. The number of hydrogen-bond donors (Lipinski definition) is 2. The Kier molecular flexibility index (Phi) is 4.48. The summed E-state index contributed by atoms with van der Waals surface area (Å²) >= 11 is 0. The summed E-state index contributed by atoms with van der Waals surface area (Å²) in [6.07, 6.45) is 0.778. The number of carbonyl (C=O) groups excluding carboxylic acids is 2. The Balaban J connectivity index is 2.60. The van der Waals surface area contributed by atoms with E-state index in [0.29, 0.717) is 12.8 Å². The average molecular weight is 242 g/mol. The number of carboxylic acid groups (broad SMARTS) is 1. The highest BCUT2D eigenvalue weighted by Gasteiger charge is 2.31. The first-order valence-corrected chi connectivity index (χ1v) is 5.73. The lowest BCUT2D eigenvalue weighted by Crippen LogP contribution is -2.48. The molecule has 0 aromatic heterocycles. The van der Waals surface area contributed by atoms with Gasteiger partial charge in [0.2, 0.25) is 11.8 Å². The van der Waals surface area contributed by atoms with E-state index in [1.165, 1.54) is 4.90 Å². The summed E-state index contributed by atoms with van der Waals surface area (Å²) in [4.78, 5) is 35.1. The molecular weight excluding hydrogens is 224 g/mol. The number of carboxylic acids is 1. The summed E-state index contributed by atoms with van der Waals surface area (Å²) in [6.45, 7) is 3.84. The second-order valence-electron chi connectivity index (χ2n) is 4.43. The fourth-order valence-electron chi connectivity index (χ4n) is 1.84. The predicted molar refractivity (Wildman–Crippen MR) is 60.3 cm³/mol. The minimum Gasteiger partial charge on any atom is -0.481 e. The Hall–Kier alpha value is -1.59. The molecule has 0 aromatic rings. The monoisotopic (exact) mass is 242 g/mol. The van der Waals surface area contributed by atoms with Gasteiger partial charge in [-0.25, -0.2) is 0 Å². The van der Waals surface area contributed by atoms with Crippen molar-refractivity contribution in [1.82, 2.24) is 10.2 Å². The van der Waals surface area contributed by atoms with Gasteiger partial charge < -0.3 is 15.3 Å². The number of nitrogens with zero attached hydrogens (tertiary/aromatic N) is 1. The van der Waals surface area contributed by atoms with E-state index >= 15 is 0 Å². The maximum absolute atomic E-state index is 12.1. The van der Waals surface area contributed by atoms with Crippen LogP contribution in [0.1, 0.15) is 33.1 Å². The van der Waals surface area contributed by atoms with E-state index in [1.54, 1.807) is 0 Å². The fraction of sp³-hybridized carbons (Fsp3) is 0.727. The standard InChI is InChI=1S/C11H18N2O4/c1-7(2)13(6-5-10(15)16)11(17)8-3-4-9(14)12-8/h7-8H,3-6H2,1-2H3,(H,12,14)(H,15,16). The summed E-state index contributed by atoms with van der Waals surface area (Å²) in [6, 6.07) is -0.557. The second kappa shape index (κ2) is 5.65. The quantitative estimate of drug-likeness (QED) is 0.709. The highest BCUT2D eigenvalue weighted by atomic mass is 16.4. The zero-order valence-electron chi connectivity index (χ0n) is 10.1. The molecule has 0 bridgehead atoms. The smallest absolute Gasteiger partial charge is 0.305 e. The van der Waals surface area contributed by atoms with Crippen LogP contribution in [0.2, 0.25) is 0 Å². The Morgan fingerprint density at radius 1 is 1.53 bits per heavy atom. The zero-order chi connectivity index (χ0) is 13.0. The van der Waals surface area contributed by atoms with Gasteiger partial charge in [0.1, 0.15) is 6.04 Å². The highest BCUT2D eigenvalue weighted by Crippen LogP contribution is 2.12. The molecule has 2 amide bonds. The zero-order valence-corrected chi connectivity index (χ0v) is 10.1. The molecule has 1 fully saturated rings. The molecule has 1 heterocycles. The van der Waals surface area contributed by atoms with Gasteiger partial charge in [0, 0.05) is 19.0 Å². The van der Waals surface area contributed by atoms with E-state index in [4.69, 9.17) is 5.11 Å². The Bertz CT molecular complexity index is 327. The van der Waals surface area contributed by atoms with Crippen LogP contribution in [-0.2, 0) is 14.4 Å². The van der Waals surface area contributed by atoms with E-state index in [0.717, 1.165) is 0 Å². The van der Waals surface area contributed by atoms with Crippen LogP contribution in [0.15, 0.2) is 0 Å². The second-order valence-corrected chi connectivity index (χ2v) is 4.43. The number of amides is 2. The highest BCUT2D eigenvalue weighted by molar-refractivity contribution is 5.91. The van der Waals surface area contributed by atoms with Crippen LogP contribution in [0.5, 0.6) is 0 Å². The maximum Gasteiger partial charge on any atom is 0.305 e. The third kappa shape index (κ3) is 3.72. The minimum absolute atomic E-state index is 0.0700. The molecule has 6 heteroatoms. The fourth-order valence-corrected chi connectivity index (χ4v) is 1.84. The molecule has 0 aliphatic carbocycles. The van der Waals surface area contributed by atoms with Gasteiger partial charge in [0.15, 0.2) is 0 Å². The van der Waals surface area contributed by atoms with Gasteiger partial charge in [0.05, 0.1) is 6.42 Å². The molecule has 0 spiro atoms. The first-order chi connectivity index (χ1) is 7.91. The summed E-state index contributed by atoms with van der Waals surface area (Å²) < 4.78 is 0. The van der Waals surface area contributed by atoms with E-state index in [-0.39, 0.29) is 30.8 Å². The molecule has 0 radical (unpaired) electrons. The van der Waals surface area contributed by atoms with Crippen molar-refractivity contribution < 1.29 is 19.5 Å². The van der Waals surface area contributed by atoms with Gasteiger partial charge in [-0.05, 0) is 20.3 Å². The first-order valence-electron chi connectivity index (χ1n) is 5.73. The molecule has 2 N–H and O–H groups in total. The molecule has 1 saturated heterocycles. The largest absolute Gasteiger partial charge is 0.481 e. The Labute approximate surface area is 100.0 Å². The minimum atomic E-state index is -0.932. The molecule has 1 aliphatic rings. The number of aliphatic carboxylic acids is 1. The number of carbonyl (C=O) groups is 3. The average Bonchev–Trinajstić information content (AvgIpc) is 2.63. The van der Waals surface area contributed by atoms with E-state index < -0.39 is 12.0 Å². The molecule has 96 valence electrons. The molecule has 6 nitrogen and oxygen atoms in total. The molecule has 1 unspecified atom stereocenters. The van der Waals surface area contributed by atoms with Crippen molar-refractivity contribution >= 4 is 17.8 Å². The van der Waals surface area contributed by atoms with Crippen LogP contribution in [0, 0.1) is 0 Å². The van der Waals surface area contributed by atoms with E-state index in [9.17, 15) is 14.4 Å². The van der Waals surface area contributed by atoms with Gasteiger partial charge in [0.25, 0.3) is 0 Å². The number of nitrogens with one attached hydrogen (secondary N) is 1. The third-order valence-electron chi connectivity index (χ3n) is 2.77. The van der Waals surface area contributed by atoms with Crippen LogP contribution in [0.4, 0.5) is 0 Å². The lowest BCUT2D eigenvalue weighted by molar-refractivity contribution is -0.140. The SMILES string of the molecule is CC(C)N(CCC(=O)O)C(=O)C1CCC(=O)N1. The van der Waals surface area contributed by atoms with Gasteiger partial charge in [-0.1, -0.05) is 0 Å². The van der Waals surface area contributed by atoms with Crippen LogP contribution in [-0.4, -0.2) is 46.4 Å². The van der Waals surface area contributed by atoms with Crippen molar-refractivity contribution in [2.75, 3.05) is 6.54 Å². The molecule has 1 atom stereocenters. The van der Waals surface area contributed by atoms with E-state index in [2.05, 4.69) is 5.32 Å². The molecule has 0 saturated carbocycles. The maximum atomic E-state index is 12.1. The molecule has 0 aromatic carbocycles. The van der Waals surface area contributed by atoms with Crippen molar-refractivity contribution in [2.45, 2.75) is 45.2 Å². The summed E-state index contributed by atoms with van der Waals surface area (Å²) in [5.41, 5.74) is 0. The van der Waals surface area contributed by atoms with Crippen molar-refractivity contribution in [3.8, 4) is 0 Å². The van der Waals surface area contributed by atoms with Crippen molar-refractivity contribution in [3.63, 3.8) is 0 Å². The summed E-state index contributed by atoms with van der Waals surface area (Å²) in [5, 5.41) is 11.2. The van der Waals surface area contributed by atoms with Crippen molar-refractivity contribution in [3.05, 3.63) is 0 Å². The van der Waals surface area contributed by atoms with Gasteiger partial charge >= 0.3 is 5.97 Å². The van der Waals surface area contributed by atoms with Crippen LogP contribution in [0.3, 0.4) is 0 Å². The first kappa shape index (κ1) is 13.5. The van der Waals surface area contributed by atoms with Crippen LogP contribution >= 0.6 is 0 Å². The lowest BCUT2D eigenvalue weighted by Gasteiger charge is -2.28. The Morgan fingerprint density at radius 3 is 2.59 bits per heavy atom. The number of hydrogen-bond acceptors (Lipinski definition) is 3. The molecular formula is C11H18N2O4. The van der Waals surface area contributed by atoms with Crippen LogP contribution < -0.4 is 5.32 Å². The molecule has 17 heavy (non-hydrogen) atoms. The van der Waals surface area contributed by atoms with Crippen LogP contribution in [0.25, 0.3) is 0 Å². The molecule has 1 aliphatic heterocycles. The van der Waals surface area contributed by atoms with Gasteiger partial charge in [-0.15, -0.1) is 0 Å². The normalized spacial score (nSPS) is 19.2. The number of rotatable bonds is 5. The summed E-state index contributed by atoms with van der Waals surface area (Å²) in [5.74, 6) is -1.24. The van der Waals surface area contributed by atoms with Gasteiger partial charge in [-0.3, -0.25) is 14.4 Å². The lowest BCUT2D eigenvalue weighted by atomic mass is 10.1. The topological polar surface area (TPSA) is 86.7 Å². The third-order valence-corrected chi connectivity index (χ3v) is 2.77. The predicted octanol–water partition coefficient (Wildman–Crippen LogP) is -0.0233. The van der Waals surface area contributed by atoms with Crippen molar-refractivity contribution in [2.24, 2.45) is 0 Å². The van der Waals surface area contributed by atoms with Crippen molar-refractivity contribution in [1.29, 1.82) is 0 Å². The van der Waals surface area contributed by atoms with E-state index in [1.807, 2.05) is 13.8 Å². The molecule has 1 rings (SSSR count). The van der Waals surface area contributed by atoms with Gasteiger partial charge in [-0.2, -0.15) is 0 Å².